The van der Waals surface area contributed by atoms with E-state index in [2.05, 4.69) is 15.9 Å². The minimum atomic E-state index is -1.12. The smallest absolute Gasteiger partial charge is 0.170 e. The molecule has 0 radical (unpaired) electrons. The summed E-state index contributed by atoms with van der Waals surface area (Å²) in [5.74, 6) is -2.13. The number of halogens is 3. The molecule has 1 rings (SSSR count). The van der Waals surface area contributed by atoms with Gasteiger partial charge in [-0.2, -0.15) is 0 Å². The fourth-order valence-corrected chi connectivity index (χ4v) is 1.05. The van der Waals surface area contributed by atoms with Crippen LogP contribution in [0.4, 0.5) is 8.78 Å². The molecule has 0 atom stereocenters. The normalized spacial score (nSPS) is 8.69. The molecular formula is C9H9BrF2O. The Morgan fingerprint density at radius 2 is 1.85 bits per heavy atom. The summed E-state index contributed by atoms with van der Waals surface area (Å²) < 4.78 is 25.3. The molecule has 0 heterocycles. The first-order chi connectivity index (χ1) is 6.16. The van der Waals surface area contributed by atoms with Crippen molar-refractivity contribution >= 4 is 22.2 Å². The van der Waals surface area contributed by atoms with Gasteiger partial charge in [-0.1, -0.05) is 13.8 Å². The number of aldehydes is 1. The molecule has 0 aliphatic carbocycles. The Balaban J connectivity index is 0.000000671. The third kappa shape index (κ3) is 2.88. The van der Waals surface area contributed by atoms with Gasteiger partial charge >= 0.3 is 0 Å². The molecule has 0 unspecified atom stereocenters. The van der Waals surface area contributed by atoms with Crippen molar-refractivity contribution in [1.29, 1.82) is 0 Å². The molecule has 0 aromatic heterocycles. The quantitative estimate of drug-likeness (QED) is 0.550. The van der Waals surface area contributed by atoms with Gasteiger partial charge in [0.05, 0.1) is 5.56 Å². The van der Waals surface area contributed by atoms with Crippen LogP contribution in [-0.2, 0) is 0 Å². The van der Waals surface area contributed by atoms with Gasteiger partial charge in [-0.15, -0.1) is 0 Å². The van der Waals surface area contributed by atoms with E-state index in [1.54, 1.807) is 0 Å². The largest absolute Gasteiger partial charge is 0.298 e. The van der Waals surface area contributed by atoms with Gasteiger partial charge in [-0.3, -0.25) is 4.79 Å². The third-order valence-electron chi connectivity index (χ3n) is 1.20. The van der Waals surface area contributed by atoms with Crippen LogP contribution < -0.4 is 0 Å². The lowest BCUT2D eigenvalue weighted by Crippen LogP contribution is -1.93. The zero-order chi connectivity index (χ0) is 10.4. The zero-order valence-electron chi connectivity index (χ0n) is 7.27. The van der Waals surface area contributed by atoms with Crippen molar-refractivity contribution in [1.82, 2.24) is 0 Å². The second-order valence-corrected chi connectivity index (χ2v) is 2.73. The summed E-state index contributed by atoms with van der Waals surface area (Å²) in [6.07, 6.45) is 0.266. The predicted molar refractivity (Wildman–Crippen MR) is 50.8 cm³/mol. The lowest BCUT2D eigenvalue weighted by atomic mass is 10.2. The Morgan fingerprint density at radius 1 is 1.31 bits per heavy atom. The number of rotatable bonds is 1. The average Bonchev–Trinajstić information content (AvgIpc) is 2.16. The molecule has 1 aromatic carbocycles. The minimum Gasteiger partial charge on any atom is -0.298 e. The van der Waals surface area contributed by atoms with Crippen LogP contribution in [0.25, 0.3) is 0 Å². The van der Waals surface area contributed by atoms with Gasteiger partial charge in [-0.25, -0.2) is 8.78 Å². The van der Waals surface area contributed by atoms with Gasteiger partial charge in [0.2, 0.25) is 0 Å². The van der Waals surface area contributed by atoms with Crippen molar-refractivity contribution in [3.63, 3.8) is 0 Å². The molecule has 0 amide bonds. The number of carbonyl (C=O) groups is 1. The predicted octanol–water partition coefficient (Wildman–Crippen LogP) is 3.57. The standard InChI is InChI=1S/C7H3BrF2O.C2H6/c8-5-1-2-6(9)7(10)4(5)3-11;1-2/h1-3H;1-2H3. The Labute approximate surface area is 83.9 Å². The molecule has 0 aliphatic heterocycles. The van der Waals surface area contributed by atoms with E-state index in [-0.39, 0.29) is 16.3 Å². The van der Waals surface area contributed by atoms with Gasteiger partial charge in [0, 0.05) is 4.47 Å². The molecule has 4 heteroatoms. The first kappa shape index (κ1) is 12.2. The van der Waals surface area contributed by atoms with Crippen LogP contribution in [0.1, 0.15) is 24.2 Å². The molecule has 0 spiro atoms. The summed E-state index contributed by atoms with van der Waals surface area (Å²) in [7, 11) is 0. The van der Waals surface area contributed by atoms with Crippen LogP contribution in [0.15, 0.2) is 16.6 Å². The molecule has 13 heavy (non-hydrogen) atoms. The van der Waals surface area contributed by atoms with E-state index < -0.39 is 11.6 Å². The first-order valence-electron chi connectivity index (χ1n) is 3.75. The maximum Gasteiger partial charge on any atom is 0.170 e. The van der Waals surface area contributed by atoms with Crippen molar-refractivity contribution < 1.29 is 13.6 Å². The van der Waals surface area contributed by atoms with E-state index >= 15 is 0 Å². The number of hydrogen-bond donors (Lipinski definition) is 0. The molecule has 1 aromatic rings. The van der Waals surface area contributed by atoms with E-state index in [4.69, 9.17) is 0 Å². The molecule has 1 nitrogen and oxygen atoms in total. The molecule has 0 saturated carbocycles. The Kier molecular flexibility index (Phi) is 5.46. The maximum absolute atomic E-state index is 12.6. The molecule has 0 bridgehead atoms. The van der Waals surface area contributed by atoms with Crippen LogP contribution in [-0.4, -0.2) is 6.29 Å². The van der Waals surface area contributed by atoms with E-state index in [9.17, 15) is 13.6 Å². The topological polar surface area (TPSA) is 17.1 Å². The Bertz CT molecular complexity index is 300. The highest BCUT2D eigenvalue weighted by molar-refractivity contribution is 9.10. The highest BCUT2D eigenvalue weighted by Crippen LogP contribution is 2.19. The average molecular weight is 251 g/mol. The fraction of sp³-hybridized carbons (Fsp3) is 0.222. The summed E-state index contributed by atoms with van der Waals surface area (Å²) >= 11 is 2.90. The lowest BCUT2D eigenvalue weighted by Gasteiger charge is -1.97. The fourth-order valence-electron chi connectivity index (χ4n) is 0.651. The second kappa shape index (κ2) is 5.80. The number of carbonyl (C=O) groups excluding carboxylic acids is 1. The SMILES string of the molecule is CC.O=Cc1c(Br)ccc(F)c1F. The van der Waals surface area contributed by atoms with Crippen LogP contribution in [0.2, 0.25) is 0 Å². The van der Waals surface area contributed by atoms with Gasteiger partial charge in [0.25, 0.3) is 0 Å². The zero-order valence-corrected chi connectivity index (χ0v) is 8.86. The molecule has 0 fully saturated rings. The van der Waals surface area contributed by atoms with Gasteiger partial charge in [0.1, 0.15) is 0 Å². The molecule has 0 saturated heterocycles. The van der Waals surface area contributed by atoms with Crippen molar-refractivity contribution in [2.24, 2.45) is 0 Å². The van der Waals surface area contributed by atoms with Crippen molar-refractivity contribution in [3.05, 3.63) is 33.8 Å². The van der Waals surface area contributed by atoms with Crippen LogP contribution in [0, 0.1) is 11.6 Å². The lowest BCUT2D eigenvalue weighted by molar-refractivity contribution is 0.111. The van der Waals surface area contributed by atoms with Crippen LogP contribution in [0.3, 0.4) is 0 Å². The number of benzene rings is 1. The highest BCUT2D eigenvalue weighted by Gasteiger charge is 2.10. The highest BCUT2D eigenvalue weighted by atomic mass is 79.9. The van der Waals surface area contributed by atoms with Crippen LogP contribution in [0.5, 0.6) is 0 Å². The maximum atomic E-state index is 12.6. The summed E-state index contributed by atoms with van der Waals surface area (Å²) in [6.45, 7) is 4.00. The third-order valence-corrected chi connectivity index (χ3v) is 1.89. The van der Waals surface area contributed by atoms with Crippen molar-refractivity contribution in [2.75, 3.05) is 0 Å². The van der Waals surface area contributed by atoms with Crippen molar-refractivity contribution in [3.8, 4) is 0 Å². The molecule has 72 valence electrons. The molecule has 0 N–H and O–H groups in total. The minimum absolute atomic E-state index is 0.256. The number of hydrogen-bond acceptors (Lipinski definition) is 1. The van der Waals surface area contributed by atoms with E-state index in [1.807, 2.05) is 13.8 Å². The molecular weight excluding hydrogens is 242 g/mol. The second-order valence-electron chi connectivity index (χ2n) is 1.87. The monoisotopic (exact) mass is 250 g/mol. The van der Waals surface area contributed by atoms with E-state index in [0.29, 0.717) is 0 Å². The van der Waals surface area contributed by atoms with Crippen molar-refractivity contribution in [2.45, 2.75) is 13.8 Å². The first-order valence-corrected chi connectivity index (χ1v) is 4.55. The van der Waals surface area contributed by atoms with Gasteiger partial charge < -0.3 is 0 Å². The summed E-state index contributed by atoms with van der Waals surface area (Å²) in [5.41, 5.74) is -0.287. The summed E-state index contributed by atoms with van der Waals surface area (Å²) in [5, 5.41) is 0. The van der Waals surface area contributed by atoms with Gasteiger partial charge in [-0.05, 0) is 28.1 Å². The molecule has 0 aliphatic rings. The van der Waals surface area contributed by atoms with E-state index in [0.717, 1.165) is 6.07 Å². The summed E-state index contributed by atoms with van der Waals surface area (Å²) in [6, 6.07) is 2.23. The van der Waals surface area contributed by atoms with E-state index in [1.165, 1.54) is 6.07 Å². The Hall–Kier alpha value is -0.770. The summed E-state index contributed by atoms with van der Waals surface area (Å²) in [4.78, 5) is 10.2. The van der Waals surface area contributed by atoms with Gasteiger partial charge in [0.15, 0.2) is 17.9 Å². The Morgan fingerprint density at radius 3 is 2.23 bits per heavy atom. The van der Waals surface area contributed by atoms with Crippen LogP contribution >= 0.6 is 15.9 Å².